The number of ether oxygens (including phenoxy) is 2. The summed E-state index contributed by atoms with van der Waals surface area (Å²) in [4.78, 5) is 13.0. The third kappa shape index (κ3) is 4.80. The predicted molar refractivity (Wildman–Crippen MR) is 120 cm³/mol. The van der Waals surface area contributed by atoms with Crippen LogP contribution in [0.5, 0.6) is 11.5 Å². The largest absolute Gasteiger partial charge is 0.492 e. The van der Waals surface area contributed by atoms with Crippen LogP contribution in [0, 0.1) is 0 Å². The van der Waals surface area contributed by atoms with Gasteiger partial charge in [-0.3, -0.25) is 4.79 Å². The van der Waals surface area contributed by atoms with Gasteiger partial charge in [-0.1, -0.05) is 41.4 Å². The minimum absolute atomic E-state index is 0. The zero-order valence-electron chi connectivity index (χ0n) is 16.4. The summed E-state index contributed by atoms with van der Waals surface area (Å²) in [7, 11) is 0. The van der Waals surface area contributed by atoms with Gasteiger partial charge in [0, 0.05) is 29.2 Å². The van der Waals surface area contributed by atoms with E-state index in [0.717, 1.165) is 43.0 Å². The number of benzene rings is 2. The summed E-state index contributed by atoms with van der Waals surface area (Å²) in [6, 6.07) is 11.5. The van der Waals surface area contributed by atoms with Crippen LogP contribution in [0.25, 0.3) is 0 Å². The smallest absolute Gasteiger partial charge is 0.304 e. The van der Waals surface area contributed by atoms with Gasteiger partial charge in [0.15, 0.2) is 0 Å². The molecule has 0 aliphatic carbocycles. The predicted octanol–water partition coefficient (Wildman–Crippen LogP) is 5.19. The Hall–Kier alpha value is -1.66. The number of carbonyl (C=O) groups is 1. The zero-order chi connectivity index (χ0) is 20.4. The van der Waals surface area contributed by atoms with Crippen LogP contribution in [0.3, 0.4) is 0 Å². The lowest BCUT2D eigenvalue weighted by Crippen LogP contribution is -2.44. The first kappa shape index (κ1) is 23.0. The van der Waals surface area contributed by atoms with Crippen molar-refractivity contribution in [2.75, 3.05) is 26.2 Å². The van der Waals surface area contributed by atoms with Gasteiger partial charge in [-0.2, -0.15) is 0 Å². The van der Waals surface area contributed by atoms with Crippen molar-refractivity contribution in [2.24, 2.45) is 0 Å². The maximum absolute atomic E-state index is 10.8. The highest BCUT2D eigenvalue weighted by Gasteiger charge is 2.43. The number of carboxylic acid groups (broad SMARTS) is 1. The summed E-state index contributed by atoms with van der Waals surface area (Å²) in [5.41, 5.74) is 2.08. The fraction of sp³-hybridized carbons (Fsp3) is 0.409. The number of likely N-dealkylation sites (tertiary alicyclic amines) is 1. The maximum Gasteiger partial charge on any atom is 0.304 e. The van der Waals surface area contributed by atoms with E-state index < -0.39 is 5.97 Å². The Bertz CT molecular complexity index is 913. The first-order valence-electron chi connectivity index (χ1n) is 9.74. The Kier molecular flexibility index (Phi) is 7.40. The molecule has 0 aromatic heterocycles. The molecular weight excluding hydrogens is 449 g/mol. The monoisotopic (exact) mass is 471 g/mol. The van der Waals surface area contributed by atoms with Crippen molar-refractivity contribution in [3.05, 3.63) is 57.6 Å². The van der Waals surface area contributed by atoms with Gasteiger partial charge in [-0.25, -0.2) is 0 Å². The molecule has 2 aromatic rings. The second-order valence-corrected chi connectivity index (χ2v) is 8.50. The molecule has 8 heteroatoms. The standard InChI is InChI=1S/C22H23Cl2NO4.ClH/c23-18-3-1-2-15(21(18)24)13-28-16-4-5-17-19(12-16)29-14-22(17)7-10-25(11-8-22)9-6-20(26)27;/h1-5,12H,6-11,13-14H2,(H,26,27);1H. The van der Waals surface area contributed by atoms with Gasteiger partial charge in [-0.05, 0) is 38.1 Å². The number of carboxylic acids is 1. The molecule has 2 aliphatic rings. The molecule has 4 rings (SSSR count). The molecule has 1 N–H and O–H groups in total. The molecule has 2 aromatic carbocycles. The third-order valence-corrected chi connectivity index (χ3v) is 6.77. The number of hydrogen-bond donors (Lipinski definition) is 1. The molecule has 2 aliphatic heterocycles. The van der Waals surface area contributed by atoms with Crippen molar-refractivity contribution in [3.63, 3.8) is 0 Å². The summed E-state index contributed by atoms with van der Waals surface area (Å²) >= 11 is 12.3. The number of aliphatic carboxylic acids is 1. The number of halogens is 3. The molecule has 1 spiro atoms. The Morgan fingerprint density at radius 3 is 2.70 bits per heavy atom. The Morgan fingerprint density at radius 2 is 1.97 bits per heavy atom. The van der Waals surface area contributed by atoms with E-state index in [1.54, 1.807) is 6.07 Å². The molecule has 162 valence electrons. The highest BCUT2D eigenvalue weighted by atomic mass is 35.5. The lowest BCUT2D eigenvalue weighted by atomic mass is 9.74. The van der Waals surface area contributed by atoms with Gasteiger partial charge in [0.1, 0.15) is 18.1 Å². The van der Waals surface area contributed by atoms with Gasteiger partial charge < -0.3 is 19.5 Å². The third-order valence-electron chi connectivity index (χ3n) is 5.91. The molecule has 0 bridgehead atoms. The average molecular weight is 473 g/mol. The highest BCUT2D eigenvalue weighted by Crippen LogP contribution is 2.46. The van der Waals surface area contributed by atoms with Gasteiger partial charge in [0.25, 0.3) is 0 Å². The van der Waals surface area contributed by atoms with E-state index in [1.807, 2.05) is 24.3 Å². The molecule has 2 heterocycles. The fourth-order valence-electron chi connectivity index (χ4n) is 4.14. The number of nitrogens with zero attached hydrogens (tertiary/aromatic N) is 1. The molecule has 0 atom stereocenters. The van der Waals surface area contributed by atoms with Crippen LogP contribution < -0.4 is 9.47 Å². The molecule has 0 unspecified atom stereocenters. The summed E-state index contributed by atoms with van der Waals surface area (Å²) in [5.74, 6) is 0.862. The van der Waals surface area contributed by atoms with E-state index >= 15 is 0 Å². The average Bonchev–Trinajstić information content (AvgIpc) is 3.06. The SMILES string of the molecule is Cl.O=C(O)CCN1CCC2(CC1)COc1cc(OCc3cccc(Cl)c3Cl)ccc12. The van der Waals surface area contributed by atoms with Crippen LogP contribution in [0.4, 0.5) is 0 Å². The van der Waals surface area contributed by atoms with Gasteiger partial charge in [0.2, 0.25) is 0 Å². The van der Waals surface area contributed by atoms with Crippen molar-refractivity contribution >= 4 is 41.6 Å². The van der Waals surface area contributed by atoms with Crippen LogP contribution >= 0.6 is 35.6 Å². The van der Waals surface area contributed by atoms with E-state index in [4.69, 9.17) is 37.8 Å². The van der Waals surface area contributed by atoms with E-state index in [2.05, 4.69) is 11.0 Å². The summed E-state index contributed by atoms with van der Waals surface area (Å²) in [5, 5.41) is 9.91. The first-order chi connectivity index (χ1) is 14.0. The lowest BCUT2D eigenvalue weighted by molar-refractivity contribution is -0.137. The molecule has 1 fully saturated rings. The summed E-state index contributed by atoms with van der Waals surface area (Å²) in [6.45, 7) is 3.39. The minimum atomic E-state index is -0.744. The normalized spacial score (nSPS) is 17.1. The first-order valence-corrected chi connectivity index (χ1v) is 10.5. The van der Waals surface area contributed by atoms with Crippen LogP contribution in [0.1, 0.15) is 30.4 Å². The summed E-state index contributed by atoms with van der Waals surface area (Å²) in [6.07, 6.45) is 2.13. The Morgan fingerprint density at radius 1 is 1.20 bits per heavy atom. The van der Waals surface area contributed by atoms with Gasteiger partial charge >= 0.3 is 5.97 Å². The topological polar surface area (TPSA) is 59.0 Å². The number of piperidine rings is 1. The second-order valence-electron chi connectivity index (χ2n) is 7.71. The lowest BCUT2D eigenvalue weighted by Gasteiger charge is -2.38. The van der Waals surface area contributed by atoms with E-state index in [0.29, 0.717) is 29.8 Å². The number of fused-ring (bicyclic) bond motifs is 2. The quantitative estimate of drug-likeness (QED) is 0.626. The van der Waals surface area contributed by atoms with Crippen molar-refractivity contribution in [1.82, 2.24) is 4.90 Å². The molecule has 0 saturated carbocycles. The van der Waals surface area contributed by atoms with Crippen molar-refractivity contribution in [1.29, 1.82) is 0 Å². The van der Waals surface area contributed by atoms with Crippen LogP contribution in [0.2, 0.25) is 10.0 Å². The number of rotatable bonds is 6. The van der Waals surface area contributed by atoms with Crippen molar-refractivity contribution in [3.8, 4) is 11.5 Å². The Balaban J connectivity index is 0.00000256. The molecular formula is C22H24Cl3NO4. The van der Waals surface area contributed by atoms with Crippen molar-refractivity contribution in [2.45, 2.75) is 31.3 Å². The summed E-state index contributed by atoms with van der Waals surface area (Å²) < 4.78 is 11.9. The van der Waals surface area contributed by atoms with Crippen LogP contribution in [-0.2, 0) is 16.8 Å². The van der Waals surface area contributed by atoms with E-state index in [1.165, 1.54) is 5.56 Å². The van der Waals surface area contributed by atoms with Crippen molar-refractivity contribution < 1.29 is 19.4 Å². The molecule has 1 saturated heterocycles. The van der Waals surface area contributed by atoms with Crippen LogP contribution in [0.15, 0.2) is 36.4 Å². The van der Waals surface area contributed by atoms with Gasteiger partial charge in [0.05, 0.1) is 23.1 Å². The van der Waals surface area contributed by atoms with Crippen LogP contribution in [-0.4, -0.2) is 42.2 Å². The minimum Gasteiger partial charge on any atom is -0.492 e. The molecule has 30 heavy (non-hydrogen) atoms. The van der Waals surface area contributed by atoms with E-state index in [9.17, 15) is 4.79 Å². The molecule has 5 nitrogen and oxygen atoms in total. The van der Waals surface area contributed by atoms with E-state index in [-0.39, 0.29) is 24.2 Å². The second kappa shape index (κ2) is 9.65. The number of hydrogen-bond acceptors (Lipinski definition) is 4. The Labute approximate surface area is 192 Å². The zero-order valence-corrected chi connectivity index (χ0v) is 18.7. The molecule has 0 amide bonds. The molecule has 0 radical (unpaired) electrons. The fourth-order valence-corrected chi connectivity index (χ4v) is 4.51. The highest BCUT2D eigenvalue weighted by molar-refractivity contribution is 6.42. The van der Waals surface area contributed by atoms with Gasteiger partial charge in [-0.15, -0.1) is 12.4 Å². The maximum atomic E-state index is 10.8.